The van der Waals surface area contributed by atoms with Crippen molar-refractivity contribution in [2.45, 2.75) is 29.3 Å². The van der Waals surface area contributed by atoms with Gasteiger partial charge in [0, 0.05) is 11.6 Å². The molecule has 5 nitrogen and oxygen atoms in total. The van der Waals surface area contributed by atoms with Gasteiger partial charge in [-0.1, -0.05) is 0 Å². The lowest BCUT2D eigenvalue weighted by Gasteiger charge is -2.19. The van der Waals surface area contributed by atoms with Gasteiger partial charge in [-0.3, -0.25) is 0 Å². The smallest absolute Gasteiger partial charge is 0.267 e. The Balaban J connectivity index is 2.26. The standard InChI is InChI=1S/C17H11F4NO4S/c1-17(21)15(23)14-12(27(17,24)25)4-3-11(13(14)16(19)20)26-10-6-8(18)5-9(7-10)22-2/h3-7,15-16,23H,1H3/t15-,17?/m1/s1/i15D. The van der Waals surface area contributed by atoms with Gasteiger partial charge >= 0.3 is 0 Å². The summed E-state index contributed by atoms with van der Waals surface area (Å²) in [5, 5.41) is 6.60. The van der Waals surface area contributed by atoms with E-state index in [0.29, 0.717) is 6.92 Å². The van der Waals surface area contributed by atoms with Crippen LogP contribution in [0.1, 0.15) is 31.9 Å². The fourth-order valence-electron chi connectivity index (χ4n) is 2.71. The zero-order chi connectivity index (χ0) is 21.1. The van der Waals surface area contributed by atoms with E-state index in [1.165, 1.54) is 0 Å². The first-order valence-electron chi connectivity index (χ1n) is 7.82. The summed E-state index contributed by atoms with van der Waals surface area (Å²) in [6.07, 6.45) is -6.99. The topological polar surface area (TPSA) is 68.0 Å². The molecule has 2 aromatic carbocycles. The van der Waals surface area contributed by atoms with Gasteiger partial charge in [-0.05, 0) is 31.2 Å². The highest BCUT2D eigenvalue weighted by Gasteiger charge is 2.57. The number of nitrogens with zero attached hydrogens (tertiary/aromatic N) is 1. The molecule has 2 aromatic rings. The van der Waals surface area contributed by atoms with E-state index in [1.807, 2.05) is 0 Å². The molecule has 0 fully saturated rings. The van der Waals surface area contributed by atoms with E-state index in [-0.39, 0.29) is 11.4 Å². The third-order valence-electron chi connectivity index (χ3n) is 4.05. The van der Waals surface area contributed by atoms with Crippen LogP contribution in [0.2, 0.25) is 0 Å². The second-order valence-electron chi connectivity index (χ2n) is 5.78. The Bertz CT molecular complexity index is 1130. The Morgan fingerprint density at radius 1 is 1.37 bits per heavy atom. The van der Waals surface area contributed by atoms with Gasteiger partial charge in [0.25, 0.3) is 6.43 Å². The number of alkyl halides is 3. The van der Waals surface area contributed by atoms with Gasteiger partial charge < -0.3 is 9.84 Å². The van der Waals surface area contributed by atoms with Gasteiger partial charge in [0.1, 0.15) is 23.4 Å². The first-order valence-corrected chi connectivity index (χ1v) is 8.80. The molecule has 0 aromatic heterocycles. The van der Waals surface area contributed by atoms with Crippen molar-refractivity contribution in [1.82, 2.24) is 0 Å². The van der Waals surface area contributed by atoms with E-state index in [0.717, 1.165) is 30.3 Å². The van der Waals surface area contributed by atoms with Gasteiger partial charge in [-0.25, -0.2) is 30.8 Å². The average Bonchev–Trinajstić information content (AvgIpc) is 2.69. The van der Waals surface area contributed by atoms with Gasteiger partial charge in [-0.2, -0.15) is 0 Å². The highest BCUT2D eigenvalue weighted by Crippen LogP contribution is 2.53. The van der Waals surface area contributed by atoms with Crippen LogP contribution >= 0.6 is 0 Å². The van der Waals surface area contributed by atoms with E-state index in [1.54, 1.807) is 0 Å². The fraction of sp³-hybridized carbons (Fsp3) is 0.235. The predicted octanol–water partition coefficient (Wildman–Crippen LogP) is 4.61. The molecule has 0 saturated carbocycles. The van der Waals surface area contributed by atoms with Crippen LogP contribution in [0.25, 0.3) is 4.85 Å². The summed E-state index contributed by atoms with van der Waals surface area (Å²) in [6.45, 7) is 7.29. The third-order valence-corrected chi connectivity index (χ3v) is 6.17. The molecule has 0 bridgehead atoms. The minimum Gasteiger partial charge on any atom is -0.458 e. The first-order chi connectivity index (χ1) is 12.8. The van der Waals surface area contributed by atoms with Gasteiger partial charge in [0.2, 0.25) is 14.8 Å². The molecule has 3 rings (SSSR count). The zero-order valence-corrected chi connectivity index (χ0v) is 14.3. The molecule has 0 saturated heterocycles. The molecular weight excluding hydrogens is 390 g/mol. The number of halogens is 4. The highest BCUT2D eigenvalue weighted by molar-refractivity contribution is 7.93. The van der Waals surface area contributed by atoms with Crippen molar-refractivity contribution >= 4 is 15.5 Å². The normalized spacial score (nSPS) is 26.4. The van der Waals surface area contributed by atoms with Crippen molar-refractivity contribution in [2.75, 3.05) is 0 Å². The number of hydrogen-bond acceptors (Lipinski definition) is 4. The van der Waals surface area contributed by atoms with Crippen LogP contribution in [0.4, 0.5) is 23.2 Å². The van der Waals surface area contributed by atoms with E-state index < -0.39 is 54.9 Å². The summed E-state index contributed by atoms with van der Waals surface area (Å²) in [7, 11) is -4.95. The van der Waals surface area contributed by atoms with Crippen molar-refractivity contribution < 1.29 is 37.2 Å². The molecule has 0 spiro atoms. The van der Waals surface area contributed by atoms with Crippen LogP contribution in [-0.2, 0) is 9.84 Å². The lowest BCUT2D eigenvalue weighted by atomic mass is 9.99. The summed E-state index contributed by atoms with van der Waals surface area (Å²) in [5.74, 6) is -1.96. The monoisotopic (exact) mass is 402 g/mol. The number of rotatable bonds is 3. The molecular formula is C17H11F4NO4S. The van der Waals surface area contributed by atoms with Crippen molar-refractivity contribution in [2.24, 2.45) is 0 Å². The molecule has 0 aliphatic carbocycles. The SMILES string of the molecule is [2H][C@@]1(O)c2c(ccc(Oc3cc(F)cc([N+]#[C-])c3)c2C(F)F)S(=O)(=O)C1(C)F. The van der Waals surface area contributed by atoms with Crippen molar-refractivity contribution in [3.63, 3.8) is 0 Å². The molecule has 2 atom stereocenters. The van der Waals surface area contributed by atoms with E-state index in [4.69, 9.17) is 12.7 Å². The maximum absolute atomic E-state index is 14.7. The van der Waals surface area contributed by atoms with Crippen LogP contribution in [0, 0.1) is 12.4 Å². The minimum absolute atomic E-state index is 0.189. The van der Waals surface area contributed by atoms with Gasteiger partial charge in [0.05, 0.1) is 18.4 Å². The number of fused-ring (bicyclic) bond motifs is 1. The second kappa shape index (κ2) is 6.21. The number of hydrogen-bond donors (Lipinski definition) is 1. The number of ether oxygens (including phenoxy) is 1. The first kappa shape index (κ1) is 17.8. The predicted molar refractivity (Wildman–Crippen MR) is 85.8 cm³/mol. The Kier molecular flexibility index (Phi) is 4.09. The summed E-state index contributed by atoms with van der Waals surface area (Å²) in [6, 6.07) is 4.23. The van der Waals surface area contributed by atoms with E-state index in [9.17, 15) is 31.1 Å². The largest absolute Gasteiger partial charge is 0.458 e. The van der Waals surface area contributed by atoms with Crippen LogP contribution in [0.15, 0.2) is 35.2 Å². The maximum Gasteiger partial charge on any atom is 0.267 e. The highest BCUT2D eigenvalue weighted by atomic mass is 32.2. The molecule has 142 valence electrons. The summed E-state index contributed by atoms with van der Waals surface area (Å²) >= 11 is 0. The molecule has 10 heteroatoms. The molecule has 1 unspecified atom stereocenters. The number of sulfone groups is 1. The summed E-state index contributed by atoms with van der Waals surface area (Å²) in [4.78, 5) is 2.03. The second-order valence-corrected chi connectivity index (χ2v) is 7.99. The van der Waals surface area contributed by atoms with Crippen molar-refractivity contribution in [3.8, 4) is 11.5 Å². The third kappa shape index (κ3) is 2.83. The molecule has 1 aliphatic heterocycles. The minimum atomic E-state index is -4.95. The number of aliphatic hydroxyl groups is 1. The Morgan fingerprint density at radius 3 is 2.63 bits per heavy atom. The lowest BCUT2D eigenvalue weighted by Crippen LogP contribution is -2.30. The average molecular weight is 402 g/mol. The molecule has 0 radical (unpaired) electrons. The van der Waals surface area contributed by atoms with E-state index >= 15 is 0 Å². The lowest BCUT2D eigenvalue weighted by molar-refractivity contribution is 0.0596. The zero-order valence-electron chi connectivity index (χ0n) is 14.5. The Hall–Kier alpha value is -2.64. The van der Waals surface area contributed by atoms with Crippen LogP contribution in [0.3, 0.4) is 0 Å². The fourth-order valence-corrected chi connectivity index (χ4v) is 4.20. The van der Waals surface area contributed by atoms with Crippen molar-refractivity contribution in [1.29, 1.82) is 0 Å². The Labute approximate surface area is 153 Å². The molecule has 1 aliphatic rings. The van der Waals surface area contributed by atoms with Crippen molar-refractivity contribution in [3.05, 3.63) is 58.7 Å². The van der Waals surface area contributed by atoms with Crippen LogP contribution in [-0.4, -0.2) is 18.5 Å². The molecule has 0 amide bonds. The van der Waals surface area contributed by atoms with Crippen LogP contribution in [0.5, 0.6) is 11.5 Å². The van der Waals surface area contributed by atoms with Gasteiger partial charge in [-0.15, -0.1) is 0 Å². The van der Waals surface area contributed by atoms with Gasteiger partial charge in [0.15, 0.2) is 5.69 Å². The van der Waals surface area contributed by atoms with E-state index in [2.05, 4.69) is 4.85 Å². The summed E-state index contributed by atoms with van der Waals surface area (Å²) in [5.41, 5.74) is -2.55. The summed E-state index contributed by atoms with van der Waals surface area (Å²) < 4.78 is 93.2. The molecule has 27 heavy (non-hydrogen) atoms. The maximum atomic E-state index is 14.7. The number of benzene rings is 2. The quantitative estimate of drug-likeness (QED) is 0.601. The molecule has 1 N–H and O–H groups in total. The van der Waals surface area contributed by atoms with Crippen LogP contribution < -0.4 is 4.74 Å². The molecule has 1 heterocycles. The Morgan fingerprint density at radius 2 is 2.04 bits per heavy atom.